The number of hydrogen-bond acceptors (Lipinski definition) is 5. The first-order valence-electron chi connectivity index (χ1n) is 34.5. The van der Waals surface area contributed by atoms with Gasteiger partial charge in [0.25, 0.3) is 0 Å². The van der Waals surface area contributed by atoms with Crippen molar-refractivity contribution in [2.24, 2.45) is 0 Å². The van der Waals surface area contributed by atoms with Crippen molar-refractivity contribution in [3.63, 3.8) is 0 Å². The number of nitrogens with one attached hydrogen (secondary N) is 1. The molecule has 0 rings (SSSR count). The van der Waals surface area contributed by atoms with Crippen LogP contribution in [0.25, 0.3) is 0 Å². The fourth-order valence-electron chi connectivity index (χ4n) is 10.8. The molecular weight excluding hydrogens is 947 g/mol. The van der Waals surface area contributed by atoms with E-state index in [-0.39, 0.29) is 0 Å². The third-order valence-corrected chi connectivity index (χ3v) is 16.2. The fraction of sp³-hybridized carbons (Fsp3) is 0.873. The van der Waals surface area contributed by atoms with Gasteiger partial charge >= 0.3 is 0 Å². The minimum atomic E-state index is -1.30. The maximum absolute atomic E-state index is 12.7. The van der Waals surface area contributed by atoms with Crippen LogP contribution >= 0.6 is 0 Å². The molecule has 0 saturated heterocycles. The zero-order valence-corrected chi connectivity index (χ0v) is 51.7. The second kappa shape index (κ2) is 65.1. The standard InChI is InChI=1S/C71H135NO5/c1-3-5-7-9-11-13-15-17-19-21-23-25-27-29-31-33-35-37-39-41-43-45-47-49-51-53-55-57-59-61-63-65-69(75)71(77)72-67(66-73)70(76)68(74)64-62-60-58-56-54-52-50-48-46-44-42-40-38-36-34-32-30-28-26-24-22-20-18-16-14-12-10-8-6-4-2/h29,31,40,42,48,50,56,58,67-70,73-76H,3-28,30,32-39,41,43-47,49,51-55,57,59-66H2,1-2H3,(H,72,77)/b31-29-,42-40+,50-48+,58-56+. The van der Waals surface area contributed by atoms with Crippen molar-refractivity contribution < 1.29 is 25.2 Å². The Morgan fingerprint density at radius 1 is 0.312 bits per heavy atom. The van der Waals surface area contributed by atoms with E-state index in [1.165, 1.54) is 283 Å². The molecule has 0 aliphatic rings. The highest BCUT2D eigenvalue weighted by molar-refractivity contribution is 5.80. The number of allylic oxidation sites excluding steroid dienone is 8. The van der Waals surface area contributed by atoms with Gasteiger partial charge in [-0.3, -0.25) is 4.79 Å². The van der Waals surface area contributed by atoms with Crippen LogP contribution in [-0.4, -0.2) is 57.3 Å². The first-order valence-corrected chi connectivity index (χ1v) is 34.5. The highest BCUT2D eigenvalue weighted by atomic mass is 16.3. The molecule has 0 aromatic heterocycles. The Labute approximate surface area is 480 Å². The summed E-state index contributed by atoms with van der Waals surface area (Å²) in [7, 11) is 0. The second-order valence-corrected chi connectivity index (χ2v) is 23.8. The molecule has 0 aromatic carbocycles. The maximum atomic E-state index is 12.7. The van der Waals surface area contributed by atoms with Crippen LogP contribution in [0.1, 0.15) is 367 Å². The van der Waals surface area contributed by atoms with E-state index in [0.29, 0.717) is 19.3 Å². The molecule has 1 amide bonds. The summed E-state index contributed by atoms with van der Waals surface area (Å²) >= 11 is 0. The van der Waals surface area contributed by atoms with E-state index in [2.05, 4.69) is 67.8 Å². The van der Waals surface area contributed by atoms with Gasteiger partial charge in [-0.05, 0) is 89.9 Å². The van der Waals surface area contributed by atoms with E-state index in [1.54, 1.807) is 0 Å². The first kappa shape index (κ1) is 75.3. The van der Waals surface area contributed by atoms with E-state index in [4.69, 9.17) is 0 Å². The van der Waals surface area contributed by atoms with E-state index >= 15 is 0 Å². The van der Waals surface area contributed by atoms with Crippen molar-refractivity contribution in [1.29, 1.82) is 0 Å². The van der Waals surface area contributed by atoms with Gasteiger partial charge in [0.1, 0.15) is 12.2 Å². The Kier molecular flexibility index (Phi) is 63.6. The smallest absolute Gasteiger partial charge is 0.249 e. The SMILES string of the molecule is CCCCCCCCCCCCCC/C=C\CCCCCCCCCCCCCCCCCC(O)C(=O)NC(CO)C(O)C(O)CCC/C=C/CC/C=C/CC/C=C/CCCCCCCCCCCCCCCCCCC. The van der Waals surface area contributed by atoms with Crippen molar-refractivity contribution in [3.8, 4) is 0 Å². The van der Waals surface area contributed by atoms with Crippen molar-refractivity contribution in [2.75, 3.05) is 6.61 Å². The minimum Gasteiger partial charge on any atom is -0.394 e. The number of carbonyl (C=O) groups is 1. The van der Waals surface area contributed by atoms with Gasteiger partial charge in [-0.15, -0.1) is 0 Å². The molecule has 0 heterocycles. The van der Waals surface area contributed by atoms with Crippen LogP contribution in [0.2, 0.25) is 0 Å². The average Bonchev–Trinajstić information content (AvgIpc) is 3.43. The van der Waals surface area contributed by atoms with Gasteiger partial charge in [-0.1, -0.05) is 326 Å². The number of unbranched alkanes of at least 4 members (excludes halogenated alkanes) is 47. The maximum Gasteiger partial charge on any atom is 0.249 e. The molecule has 454 valence electrons. The third kappa shape index (κ3) is 58.7. The highest BCUT2D eigenvalue weighted by Gasteiger charge is 2.28. The fourth-order valence-corrected chi connectivity index (χ4v) is 10.8. The molecule has 6 heteroatoms. The summed E-state index contributed by atoms with van der Waals surface area (Å²) in [6.45, 7) is 4.09. The number of carbonyl (C=O) groups excluding carboxylic acids is 1. The Balaban J connectivity index is 3.62. The van der Waals surface area contributed by atoms with Crippen LogP contribution in [0, 0.1) is 0 Å². The summed E-state index contributed by atoms with van der Waals surface area (Å²) in [5, 5.41) is 44.2. The van der Waals surface area contributed by atoms with Gasteiger partial charge in [-0.2, -0.15) is 0 Å². The van der Waals surface area contributed by atoms with Crippen LogP contribution in [0.3, 0.4) is 0 Å². The lowest BCUT2D eigenvalue weighted by Gasteiger charge is -2.27. The van der Waals surface area contributed by atoms with Crippen LogP contribution in [-0.2, 0) is 4.79 Å². The summed E-state index contributed by atoms with van der Waals surface area (Å²) in [6.07, 6.45) is 85.2. The minimum absolute atomic E-state index is 0.359. The predicted molar refractivity (Wildman–Crippen MR) is 339 cm³/mol. The molecule has 0 aliphatic carbocycles. The van der Waals surface area contributed by atoms with Gasteiger partial charge in [0.05, 0.1) is 18.8 Å². The third-order valence-electron chi connectivity index (χ3n) is 16.2. The zero-order valence-electron chi connectivity index (χ0n) is 51.7. The second-order valence-electron chi connectivity index (χ2n) is 23.8. The highest BCUT2D eigenvalue weighted by Crippen LogP contribution is 2.18. The molecule has 6 nitrogen and oxygen atoms in total. The van der Waals surface area contributed by atoms with E-state index in [1.807, 2.05) is 0 Å². The number of rotatable bonds is 64. The van der Waals surface area contributed by atoms with Crippen LogP contribution in [0.15, 0.2) is 48.6 Å². The summed E-state index contributed by atoms with van der Waals surface area (Å²) < 4.78 is 0. The van der Waals surface area contributed by atoms with Crippen LogP contribution in [0.4, 0.5) is 0 Å². The Morgan fingerprint density at radius 2 is 0.545 bits per heavy atom. The van der Waals surface area contributed by atoms with Crippen molar-refractivity contribution in [2.45, 2.75) is 391 Å². The lowest BCUT2D eigenvalue weighted by molar-refractivity contribution is -0.132. The molecule has 4 atom stereocenters. The van der Waals surface area contributed by atoms with Crippen molar-refractivity contribution in [3.05, 3.63) is 48.6 Å². The molecule has 0 saturated carbocycles. The number of amides is 1. The van der Waals surface area contributed by atoms with Gasteiger partial charge in [-0.25, -0.2) is 0 Å². The lowest BCUT2D eigenvalue weighted by atomic mass is 10.00. The quantitative estimate of drug-likeness (QED) is 0.0308. The Morgan fingerprint density at radius 3 is 0.818 bits per heavy atom. The molecule has 4 unspecified atom stereocenters. The van der Waals surface area contributed by atoms with Crippen molar-refractivity contribution >= 4 is 5.91 Å². The Bertz CT molecular complexity index is 1260. The number of hydrogen-bond donors (Lipinski definition) is 5. The summed E-state index contributed by atoms with van der Waals surface area (Å²) in [4.78, 5) is 12.7. The number of aliphatic hydroxyl groups is 4. The average molecular weight is 1080 g/mol. The molecule has 0 aromatic rings. The molecule has 0 bridgehead atoms. The molecule has 0 aliphatic heterocycles. The van der Waals surface area contributed by atoms with Crippen molar-refractivity contribution in [1.82, 2.24) is 5.32 Å². The van der Waals surface area contributed by atoms with Gasteiger partial charge in [0.2, 0.25) is 5.91 Å². The largest absolute Gasteiger partial charge is 0.394 e. The van der Waals surface area contributed by atoms with Gasteiger partial charge in [0.15, 0.2) is 0 Å². The van der Waals surface area contributed by atoms with Crippen LogP contribution in [0.5, 0.6) is 0 Å². The summed E-state index contributed by atoms with van der Waals surface area (Å²) in [6, 6.07) is -1.01. The van der Waals surface area contributed by atoms with Crippen LogP contribution < -0.4 is 5.32 Å². The van der Waals surface area contributed by atoms with E-state index in [0.717, 1.165) is 51.4 Å². The molecule has 0 radical (unpaired) electrons. The Hall–Kier alpha value is -1.73. The summed E-state index contributed by atoms with van der Waals surface area (Å²) in [5.41, 5.74) is 0. The first-order chi connectivity index (χ1) is 38.0. The summed E-state index contributed by atoms with van der Waals surface area (Å²) in [5.74, 6) is -0.595. The van der Waals surface area contributed by atoms with E-state index < -0.39 is 36.9 Å². The zero-order chi connectivity index (χ0) is 55.8. The molecule has 0 fully saturated rings. The van der Waals surface area contributed by atoms with E-state index in [9.17, 15) is 25.2 Å². The normalized spacial score (nSPS) is 13.8. The van der Waals surface area contributed by atoms with Gasteiger partial charge < -0.3 is 25.7 Å². The van der Waals surface area contributed by atoms with Gasteiger partial charge in [0, 0.05) is 0 Å². The molecule has 0 spiro atoms. The predicted octanol–water partition coefficient (Wildman–Crippen LogP) is 21.3. The molecule has 77 heavy (non-hydrogen) atoms. The number of aliphatic hydroxyl groups excluding tert-OH is 4. The lowest BCUT2D eigenvalue weighted by Crippen LogP contribution is -2.53. The molecular formula is C71H135NO5. The monoisotopic (exact) mass is 1080 g/mol. The topological polar surface area (TPSA) is 110 Å². The molecule has 5 N–H and O–H groups in total.